The number of nitrogens with two attached hydrogens (primary N) is 1. The summed E-state index contributed by atoms with van der Waals surface area (Å²) in [4.78, 5) is 0. The lowest BCUT2D eigenvalue weighted by Crippen LogP contribution is -2.00. The van der Waals surface area contributed by atoms with E-state index in [1.54, 1.807) is 7.11 Å². The van der Waals surface area contributed by atoms with E-state index in [4.69, 9.17) is 10.5 Å². The van der Waals surface area contributed by atoms with Crippen LogP contribution in [0.15, 0.2) is 42.5 Å². The molecule has 94 valence electrons. The van der Waals surface area contributed by atoms with E-state index >= 15 is 0 Å². The van der Waals surface area contributed by atoms with Gasteiger partial charge in [0.1, 0.15) is 5.75 Å². The number of nitrogens with one attached hydrogen (secondary N) is 1. The highest BCUT2D eigenvalue weighted by Gasteiger charge is 2.00. The maximum absolute atomic E-state index is 5.75. The third-order valence-corrected chi connectivity index (χ3v) is 2.84. The van der Waals surface area contributed by atoms with Crippen LogP contribution >= 0.6 is 0 Å². The van der Waals surface area contributed by atoms with Crippen LogP contribution in [-0.2, 0) is 6.54 Å². The second-order valence-electron chi connectivity index (χ2n) is 4.28. The number of rotatable bonds is 4. The zero-order valence-electron chi connectivity index (χ0n) is 10.7. The van der Waals surface area contributed by atoms with Crippen molar-refractivity contribution in [3.63, 3.8) is 0 Å². The van der Waals surface area contributed by atoms with Gasteiger partial charge in [0.05, 0.1) is 7.11 Å². The molecule has 2 aromatic rings. The molecule has 3 nitrogen and oxygen atoms in total. The van der Waals surface area contributed by atoms with Gasteiger partial charge < -0.3 is 15.8 Å². The minimum atomic E-state index is 0.761. The van der Waals surface area contributed by atoms with Crippen LogP contribution < -0.4 is 15.8 Å². The van der Waals surface area contributed by atoms with Crippen molar-refractivity contribution >= 4 is 11.4 Å². The second kappa shape index (κ2) is 5.45. The van der Waals surface area contributed by atoms with Gasteiger partial charge in [0, 0.05) is 17.9 Å². The number of nitrogen functional groups attached to an aromatic ring is 1. The van der Waals surface area contributed by atoms with Gasteiger partial charge in [-0.2, -0.15) is 0 Å². The first-order valence-corrected chi connectivity index (χ1v) is 5.92. The summed E-state index contributed by atoms with van der Waals surface area (Å²) in [5.74, 6) is 0.907. The number of anilines is 2. The molecule has 0 amide bonds. The molecule has 0 radical (unpaired) electrons. The molecule has 0 aliphatic rings. The Hall–Kier alpha value is -2.16. The fourth-order valence-corrected chi connectivity index (χ4v) is 1.90. The first-order valence-electron chi connectivity index (χ1n) is 5.92. The van der Waals surface area contributed by atoms with Gasteiger partial charge in [-0.3, -0.25) is 0 Å². The van der Waals surface area contributed by atoms with Crippen molar-refractivity contribution in [2.75, 3.05) is 18.2 Å². The summed E-state index contributed by atoms with van der Waals surface area (Å²) in [6.45, 7) is 2.79. The largest absolute Gasteiger partial charge is 0.496 e. The molecule has 0 aliphatic heterocycles. The van der Waals surface area contributed by atoms with Gasteiger partial charge in [-0.05, 0) is 48.4 Å². The Balaban J connectivity index is 2.04. The third kappa shape index (κ3) is 2.94. The molecule has 0 aliphatic carbocycles. The Morgan fingerprint density at radius 1 is 1.17 bits per heavy atom. The van der Waals surface area contributed by atoms with E-state index in [0.717, 1.165) is 29.2 Å². The third-order valence-electron chi connectivity index (χ3n) is 2.84. The van der Waals surface area contributed by atoms with Gasteiger partial charge in [-0.25, -0.2) is 0 Å². The first kappa shape index (κ1) is 12.3. The molecular formula is C15H18N2O. The highest BCUT2D eigenvalue weighted by molar-refractivity contribution is 5.51. The van der Waals surface area contributed by atoms with Gasteiger partial charge in [-0.15, -0.1) is 0 Å². The number of hydrogen-bond acceptors (Lipinski definition) is 3. The van der Waals surface area contributed by atoms with Crippen LogP contribution in [0.25, 0.3) is 0 Å². The van der Waals surface area contributed by atoms with E-state index in [1.807, 2.05) is 37.3 Å². The van der Waals surface area contributed by atoms with Crippen molar-refractivity contribution in [3.05, 3.63) is 53.6 Å². The van der Waals surface area contributed by atoms with Gasteiger partial charge in [0.2, 0.25) is 0 Å². The number of aryl methyl sites for hydroxylation is 1. The van der Waals surface area contributed by atoms with E-state index < -0.39 is 0 Å². The number of benzene rings is 2. The van der Waals surface area contributed by atoms with Gasteiger partial charge in [0.25, 0.3) is 0 Å². The zero-order valence-corrected chi connectivity index (χ0v) is 10.7. The van der Waals surface area contributed by atoms with Gasteiger partial charge in [0.15, 0.2) is 0 Å². The molecule has 0 atom stereocenters. The number of hydrogen-bond donors (Lipinski definition) is 2. The summed E-state index contributed by atoms with van der Waals surface area (Å²) < 4.78 is 5.23. The molecule has 2 rings (SSSR count). The van der Waals surface area contributed by atoms with Gasteiger partial charge >= 0.3 is 0 Å². The molecule has 0 unspecified atom stereocenters. The van der Waals surface area contributed by atoms with Crippen molar-refractivity contribution in [3.8, 4) is 5.75 Å². The minimum Gasteiger partial charge on any atom is -0.496 e. The number of methoxy groups -OCH3 is 1. The van der Waals surface area contributed by atoms with E-state index in [2.05, 4.69) is 17.4 Å². The number of ether oxygens (including phenoxy) is 1. The van der Waals surface area contributed by atoms with Crippen LogP contribution in [0.3, 0.4) is 0 Å². The van der Waals surface area contributed by atoms with E-state index in [9.17, 15) is 0 Å². The Kier molecular flexibility index (Phi) is 3.72. The predicted octanol–water partition coefficient (Wildman–Crippen LogP) is 3.20. The lowest BCUT2D eigenvalue weighted by molar-refractivity contribution is 0.412. The van der Waals surface area contributed by atoms with Crippen LogP contribution in [0.5, 0.6) is 5.75 Å². The molecule has 0 fully saturated rings. The molecule has 0 bridgehead atoms. The zero-order chi connectivity index (χ0) is 13.0. The molecular weight excluding hydrogens is 224 g/mol. The molecule has 0 heterocycles. The molecule has 0 saturated heterocycles. The van der Waals surface area contributed by atoms with Crippen molar-refractivity contribution < 1.29 is 4.74 Å². The molecule has 0 saturated carbocycles. The highest BCUT2D eigenvalue weighted by Crippen LogP contribution is 2.21. The van der Waals surface area contributed by atoms with Crippen molar-refractivity contribution in [2.45, 2.75) is 13.5 Å². The standard InChI is InChI=1S/C15H18N2O/c1-11-8-14(6-7-15(11)18-2)17-10-12-4-3-5-13(16)9-12/h3-9,17H,10,16H2,1-2H3. The Morgan fingerprint density at radius 2 is 2.00 bits per heavy atom. The molecule has 18 heavy (non-hydrogen) atoms. The maximum Gasteiger partial charge on any atom is 0.121 e. The lowest BCUT2D eigenvalue weighted by Gasteiger charge is -2.10. The Labute approximate surface area is 108 Å². The van der Waals surface area contributed by atoms with E-state index in [1.165, 1.54) is 5.56 Å². The molecule has 0 spiro atoms. The monoisotopic (exact) mass is 242 g/mol. The summed E-state index contributed by atoms with van der Waals surface area (Å²) in [5.41, 5.74) is 9.91. The minimum absolute atomic E-state index is 0.761. The van der Waals surface area contributed by atoms with Gasteiger partial charge in [-0.1, -0.05) is 12.1 Å². The molecule has 3 heteroatoms. The van der Waals surface area contributed by atoms with Crippen molar-refractivity contribution in [1.82, 2.24) is 0 Å². The summed E-state index contributed by atoms with van der Waals surface area (Å²) in [7, 11) is 1.68. The van der Waals surface area contributed by atoms with Crippen LogP contribution in [0.2, 0.25) is 0 Å². The second-order valence-corrected chi connectivity index (χ2v) is 4.28. The Morgan fingerprint density at radius 3 is 2.67 bits per heavy atom. The maximum atomic E-state index is 5.75. The molecule has 2 aromatic carbocycles. The van der Waals surface area contributed by atoms with Crippen LogP contribution in [0.4, 0.5) is 11.4 Å². The van der Waals surface area contributed by atoms with Crippen LogP contribution in [0.1, 0.15) is 11.1 Å². The van der Waals surface area contributed by atoms with Crippen molar-refractivity contribution in [2.24, 2.45) is 0 Å². The molecule has 3 N–H and O–H groups in total. The topological polar surface area (TPSA) is 47.3 Å². The summed E-state index contributed by atoms with van der Waals surface area (Å²) in [6, 6.07) is 13.9. The normalized spacial score (nSPS) is 10.1. The van der Waals surface area contributed by atoms with Crippen LogP contribution in [-0.4, -0.2) is 7.11 Å². The van der Waals surface area contributed by atoms with E-state index in [0.29, 0.717) is 0 Å². The summed E-state index contributed by atoms with van der Waals surface area (Å²) in [5, 5.41) is 3.37. The average molecular weight is 242 g/mol. The fourth-order valence-electron chi connectivity index (χ4n) is 1.90. The first-order chi connectivity index (χ1) is 8.69. The van der Waals surface area contributed by atoms with E-state index in [-0.39, 0.29) is 0 Å². The van der Waals surface area contributed by atoms with Crippen LogP contribution in [0, 0.1) is 6.92 Å². The average Bonchev–Trinajstić information content (AvgIpc) is 2.37. The predicted molar refractivity (Wildman–Crippen MR) is 75.9 cm³/mol. The highest BCUT2D eigenvalue weighted by atomic mass is 16.5. The fraction of sp³-hybridized carbons (Fsp3) is 0.200. The smallest absolute Gasteiger partial charge is 0.121 e. The quantitative estimate of drug-likeness (QED) is 0.809. The lowest BCUT2D eigenvalue weighted by atomic mass is 10.1. The summed E-state index contributed by atoms with van der Waals surface area (Å²) >= 11 is 0. The SMILES string of the molecule is COc1ccc(NCc2cccc(N)c2)cc1C. The van der Waals surface area contributed by atoms with Crippen molar-refractivity contribution in [1.29, 1.82) is 0 Å². The molecule has 0 aromatic heterocycles. The summed E-state index contributed by atoms with van der Waals surface area (Å²) in [6.07, 6.45) is 0. The Bertz CT molecular complexity index is 538.